The van der Waals surface area contributed by atoms with Crippen molar-refractivity contribution in [1.29, 1.82) is 0 Å². The topological polar surface area (TPSA) is 72.5 Å². The van der Waals surface area contributed by atoms with E-state index in [1.165, 1.54) is 6.92 Å². The monoisotopic (exact) mass is 335 g/mol. The molecule has 18 heavy (non-hydrogen) atoms. The largest absolute Gasteiger partial charge is 0.468 e. The van der Waals surface area contributed by atoms with Crippen molar-refractivity contribution in [2.45, 2.75) is 18.7 Å². The molecule has 0 radical (unpaired) electrons. The number of hydrogen-bond acceptors (Lipinski definition) is 4. The van der Waals surface area contributed by atoms with Gasteiger partial charge in [0, 0.05) is 11.0 Å². The lowest BCUT2D eigenvalue weighted by molar-refractivity contribution is -0.139. The van der Waals surface area contributed by atoms with Gasteiger partial charge >= 0.3 is 5.97 Å². The summed E-state index contributed by atoms with van der Waals surface area (Å²) in [5, 5.41) is -1.23. The van der Waals surface area contributed by atoms with Crippen molar-refractivity contribution in [1.82, 2.24) is 4.72 Å². The molecule has 1 aromatic carbocycles. The molecule has 0 bridgehead atoms. The number of nitrogens with one attached hydrogen (secondary N) is 1. The summed E-state index contributed by atoms with van der Waals surface area (Å²) in [7, 11) is -2.58. The van der Waals surface area contributed by atoms with E-state index in [0.717, 1.165) is 17.1 Å². The van der Waals surface area contributed by atoms with Gasteiger partial charge in [-0.25, -0.2) is 13.1 Å². The smallest absolute Gasteiger partial charge is 0.325 e. The first-order valence-corrected chi connectivity index (χ1v) is 7.52. The van der Waals surface area contributed by atoms with Gasteiger partial charge in [0.05, 0.1) is 7.11 Å². The molecule has 0 aliphatic heterocycles. The van der Waals surface area contributed by atoms with E-state index >= 15 is 0 Å². The van der Waals surface area contributed by atoms with Crippen molar-refractivity contribution >= 4 is 31.9 Å². The van der Waals surface area contributed by atoms with Gasteiger partial charge in [-0.15, -0.1) is 0 Å². The Labute approximate surface area is 115 Å². The number of esters is 1. The maximum atomic E-state index is 11.8. The van der Waals surface area contributed by atoms with E-state index in [9.17, 15) is 13.2 Å². The van der Waals surface area contributed by atoms with Crippen LogP contribution < -0.4 is 4.72 Å². The number of carbonyl (C=O) groups is 1. The third kappa shape index (κ3) is 3.79. The van der Waals surface area contributed by atoms with Gasteiger partial charge in [-0.05, 0) is 18.6 Å². The van der Waals surface area contributed by atoms with E-state index in [-0.39, 0.29) is 6.54 Å². The first kappa shape index (κ1) is 15.1. The highest BCUT2D eigenvalue weighted by atomic mass is 79.9. The molecule has 0 spiro atoms. The van der Waals surface area contributed by atoms with E-state index in [1.54, 1.807) is 12.1 Å². The van der Waals surface area contributed by atoms with Crippen LogP contribution in [0, 0.1) is 0 Å². The minimum atomic E-state index is -3.73. The van der Waals surface area contributed by atoms with Crippen LogP contribution in [0.5, 0.6) is 0 Å². The zero-order valence-electron chi connectivity index (χ0n) is 10.0. The molecule has 0 saturated carbocycles. The zero-order chi connectivity index (χ0) is 13.8. The van der Waals surface area contributed by atoms with Crippen molar-refractivity contribution in [3.05, 3.63) is 34.3 Å². The maximum Gasteiger partial charge on any atom is 0.325 e. The molecule has 0 aliphatic carbocycles. The van der Waals surface area contributed by atoms with Crippen LogP contribution in [0.2, 0.25) is 0 Å². The minimum absolute atomic E-state index is 0.116. The summed E-state index contributed by atoms with van der Waals surface area (Å²) < 4.78 is 31.2. The average Bonchev–Trinajstić information content (AvgIpc) is 2.36. The summed E-state index contributed by atoms with van der Waals surface area (Å²) >= 11 is 3.32. The summed E-state index contributed by atoms with van der Waals surface area (Å²) in [5.74, 6) is -0.783. The van der Waals surface area contributed by atoms with Gasteiger partial charge < -0.3 is 4.74 Å². The van der Waals surface area contributed by atoms with E-state index in [1.807, 2.05) is 12.1 Å². The van der Waals surface area contributed by atoms with E-state index in [0.29, 0.717) is 0 Å². The second kappa shape index (κ2) is 6.31. The van der Waals surface area contributed by atoms with Crippen LogP contribution in [0.15, 0.2) is 28.7 Å². The number of sulfonamides is 1. The minimum Gasteiger partial charge on any atom is -0.468 e. The van der Waals surface area contributed by atoms with Crippen LogP contribution in [-0.4, -0.2) is 26.7 Å². The molecule has 0 aliphatic rings. The molecule has 5 nitrogen and oxygen atoms in total. The molecule has 7 heteroatoms. The third-order valence-electron chi connectivity index (χ3n) is 2.42. The molecule has 100 valence electrons. The molecule has 1 unspecified atom stereocenters. The molecule has 1 atom stereocenters. The average molecular weight is 336 g/mol. The highest BCUT2D eigenvalue weighted by molar-refractivity contribution is 9.10. The summed E-state index contributed by atoms with van der Waals surface area (Å²) in [5.41, 5.74) is 0.790. The molecule has 0 fully saturated rings. The number of carbonyl (C=O) groups excluding carboxylic acids is 1. The van der Waals surface area contributed by atoms with Crippen molar-refractivity contribution in [3.63, 3.8) is 0 Å². The number of hydrogen-bond donors (Lipinski definition) is 1. The Morgan fingerprint density at radius 2 is 2.06 bits per heavy atom. The van der Waals surface area contributed by atoms with Gasteiger partial charge in [0.15, 0.2) is 5.25 Å². The van der Waals surface area contributed by atoms with Crippen LogP contribution in [0.1, 0.15) is 12.5 Å². The molecule has 1 aromatic rings. The highest BCUT2D eigenvalue weighted by Crippen LogP contribution is 2.16. The third-order valence-corrected chi connectivity index (χ3v) is 4.86. The molecule has 0 saturated heterocycles. The van der Waals surface area contributed by atoms with Crippen LogP contribution in [0.25, 0.3) is 0 Å². The summed E-state index contributed by atoms with van der Waals surface area (Å²) in [6.07, 6.45) is 0. The first-order chi connectivity index (χ1) is 8.38. The number of halogens is 1. The van der Waals surface area contributed by atoms with Gasteiger partial charge in [-0.1, -0.05) is 34.1 Å². The SMILES string of the molecule is COC(=O)C(C)S(=O)(=O)NCc1ccccc1Br. The number of methoxy groups -OCH3 is 1. The normalized spacial score (nSPS) is 13.1. The predicted molar refractivity (Wildman–Crippen MR) is 71.4 cm³/mol. The van der Waals surface area contributed by atoms with Crippen molar-refractivity contribution in [3.8, 4) is 0 Å². The molecule has 0 amide bonds. The molecule has 0 heterocycles. The van der Waals surface area contributed by atoms with Gasteiger partial charge in [0.25, 0.3) is 0 Å². The summed E-state index contributed by atoms with van der Waals surface area (Å²) in [4.78, 5) is 11.2. The van der Waals surface area contributed by atoms with Crippen molar-refractivity contribution in [2.24, 2.45) is 0 Å². The van der Waals surface area contributed by atoms with Gasteiger partial charge in [0.1, 0.15) is 0 Å². The van der Waals surface area contributed by atoms with E-state index in [2.05, 4.69) is 25.4 Å². The molecule has 0 aromatic heterocycles. The van der Waals surface area contributed by atoms with E-state index < -0.39 is 21.2 Å². The summed E-state index contributed by atoms with van der Waals surface area (Å²) in [6, 6.07) is 7.24. The molecule has 1 N–H and O–H groups in total. The van der Waals surface area contributed by atoms with Gasteiger partial charge in [-0.2, -0.15) is 0 Å². The lowest BCUT2D eigenvalue weighted by Gasteiger charge is -2.12. The Morgan fingerprint density at radius 1 is 1.44 bits per heavy atom. The van der Waals surface area contributed by atoms with Crippen LogP contribution in [-0.2, 0) is 26.1 Å². The standard InChI is InChI=1S/C11H14BrNO4S/c1-8(11(14)17-2)18(15,16)13-7-9-5-3-4-6-10(9)12/h3-6,8,13H,7H2,1-2H3. The fourth-order valence-corrected chi connectivity index (χ4v) is 2.62. The summed E-state index contributed by atoms with van der Waals surface area (Å²) in [6.45, 7) is 1.40. The second-order valence-electron chi connectivity index (χ2n) is 3.62. The van der Waals surface area contributed by atoms with Gasteiger partial charge in [0.2, 0.25) is 10.0 Å². The first-order valence-electron chi connectivity index (χ1n) is 5.18. The Kier molecular flexibility index (Phi) is 5.30. The van der Waals surface area contributed by atoms with Crippen LogP contribution in [0.3, 0.4) is 0 Å². The van der Waals surface area contributed by atoms with Crippen molar-refractivity contribution in [2.75, 3.05) is 7.11 Å². The Hall–Kier alpha value is -0.920. The maximum absolute atomic E-state index is 11.8. The predicted octanol–water partition coefficient (Wildman–Crippen LogP) is 1.43. The van der Waals surface area contributed by atoms with Crippen LogP contribution >= 0.6 is 15.9 Å². The Bertz CT molecular complexity index is 530. The molecular weight excluding hydrogens is 322 g/mol. The second-order valence-corrected chi connectivity index (χ2v) is 6.56. The lowest BCUT2D eigenvalue weighted by Crippen LogP contribution is -2.37. The fourth-order valence-electron chi connectivity index (χ4n) is 1.24. The highest BCUT2D eigenvalue weighted by Gasteiger charge is 2.28. The number of ether oxygens (including phenoxy) is 1. The van der Waals surface area contributed by atoms with Gasteiger partial charge in [-0.3, -0.25) is 4.79 Å². The van der Waals surface area contributed by atoms with E-state index in [4.69, 9.17) is 0 Å². The Balaban J connectivity index is 2.74. The zero-order valence-corrected chi connectivity index (χ0v) is 12.4. The molecular formula is C11H14BrNO4S. The quantitative estimate of drug-likeness (QED) is 0.826. The Morgan fingerprint density at radius 3 is 2.61 bits per heavy atom. The molecule has 1 rings (SSSR count). The fraction of sp³-hybridized carbons (Fsp3) is 0.364. The lowest BCUT2D eigenvalue weighted by atomic mass is 10.2. The number of rotatable bonds is 5. The van der Waals surface area contributed by atoms with Crippen molar-refractivity contribution < 1.29 is 17.9 Å². The van der Waals surface area contributed by atoms with Crippen LogP contribution in [0.4, 0.5) is 0 Å². The number of benzene rings is 1.